The Morgan fingerprint density at radius 2 is 1.88 bits per heavy atom. The van der Waals surface area contributed by atoms with Crippen molar-refractivity contribution in [1.29, 1.82) is 0 Å². The number of likely N-dealkylation sites (tertiary alicyclic amines) is 1. The third-order valence-corrected chi connectivity index (χ3v) is 5.35. The highest BCUT2D eigenvalue weighted by atomic mass is 16.5. The summed E-state index contributed by atoms with van der Waals surface area (Å²) in [5.74, 6) is 1.62. The molecule has 1 fully saturated rings. The zero-order valence-corrected chi connectivity index (χ0v) is 16.9. The molecule has 0 radical (unpaired) electrons. The Balaban J connectivity index is 1.72. The van der Waals surface area contributed by atoms with E-state index < -0.39 is 0 Å². The van der Waals surface area contributed by atoms with Crippen molar-refractivity contribution >= 4 is 5.96 Å². The largest absolute Gasteiger partial charge is 0.383 e. The minimum Gasteiger partial charge on any atom is -0.383 e. The van der Waals surface area contributed by atoms with E-state index in [4.69, 9.17) is 4.74 Å². The number of hydrogen-bond acceptors (Lipinski definition) is 3. The molecule has 0 aliphatic carbocycles. The lowest BCUT2D eigenvalue weighted by Crippen LogP contribution is -2.46. The summed E-state index contributed by atoms with van der Waals surface area (Å²) in [4.78, 5) is 6.89. The predicted octanol–water partition coefficient (Wildman–Crippen LogP) is 2.49. The van der Waals surface area contributed by atoms with Gasteiger partial charge in [-0.1, -0.05) is 44.2 Å². The molecular weight excluding hydrogens is 324 g/mol. The Morgan fingerprint density at radius 1 is 1.19 bits per heavy atom. The molecule has 0 spiro atoms. The Morgan fingerprint density at radius 3 is 2.50 bits per heavy atom. The van der Waals surface area contributed by atoms with Gasteiger partial charge in [0.15, 0.2) is 5.96 Å². The first-order valence-corrected chi connectivity index (χ1v) is 9.76. The van der Waals surface area contributed by atoms with Crippen molar-refractivity contribution in [3.05, 3.63) is 35.9 Å². The van der Waals surface area contributed by atoms with Crippen molar-refractivity contribution in [2.24, 2.45) is 10.9 Å². The molecule has 0 unspecified atom stereocenters. The van der Waals surface area contributed by atoms with Crippen molar-refractivity contribution in [3.63, 3.8) is 0 Å². The SMILES string of the molecule is CN=C(NCC1CCN(CCOC)CC1)NCC(C)(C)c1ccccc1. The normalized spacial score (nSPS) is 17.3. The fraction of sp³-hybridized carbons (Fsp3) is 0.667. The summed E-state index contributed by atoms with van der Waals surface area (Å²) < 4.78 is 5.17. The molecule has 0 atom stereocenters. The van der Waals surface area contributed by atoms with Gasteiger partial charge in [-0.2, -0.15) is 0 Å². The van der Waals surface area contributed by atoms with Crippen molar-refractivity contribution in [1.82, 2.24) is 15.5 Å². The average molecular weight is 361 g/mol. The number of piperidine rings is 1. The van der Waals surface area contributed by atoms with Crippen LogP contribution in [0, 0.1) is 5.92 Å². The smallest absolute Gasteiger partial charge is 0.191 e. The molecule has 0 amide bonds. The van der Waals surface area contributed by atoms with Crippen LogP contribution in [0.3, 0.4) is 0 Å². The third kappa shape index (κ3) is 6.61. The molecule has 1 aromatic carbocycles. The second-order valence-electron chi connectivity index (χ2n) is 7.83. The minimum atomic E-state index is 0.0611. The molecule has 2 N–H and O–H groups in total. The van der Waals surface area contributed by atoms with E-state index in [0.717, 1.165) is 38.1 Å². The van der Waals surface area contributed by atoms with E-state index in [1.165, 1.54) is 31.5 Å². The van der Waals surface area contributed by atoms with Crippen LogP contribution in [0.2, 0.25) is 0 Å². The van der Waals surface area contributed by atoms with Crippen LogP contribution >= 0.6 is 0 Å². The number of hydrogen-bond donors (Lipinski definition) is 2. The fourth-order valence-corrected chi connectivity index (χ4v) is 3.39. The molecule has 5 heteroatoms. The van der Waals surface area contributed by atoms with Crippen LogP contribution in [-0.2, 0) is 10.2 Å². The van der Waals surface area contributed by atoms with Gasteiger partial charge in [-0.25, -0.2) is 0 Å². The van der Waals surface area contributed by atoms with Gasteiger partial charge in [0.1, 0.15) is 0 Å². The molecule has 1 aromatic rings. The second kappa shape index (κ2) is 10.5. The van der Waals surface area contributed by atoms with E-state index in [0.29, 0.717) is 0 Å². The van der Waals surface area contributed by atoms with Crippen LogP contribution in [0.25, 0.3) is 0 Å². The van der Waals surface area contributed by atoms with Crippen LogP contribution in [0.1, 0.15) is 32.3 Å². The van der Waals surface area contributed by atoms with E-state index in [1.54, 1.807) is 7.11 Å². The topological polar surface area (TPSA) is 48.9 Å². The number of methoxy groups -OCH3 is 1. The quantitative estimate of drug-likeness (QED) is 0.552. The monoisotopic (exact) mass is 360 g/mol. The first kappa shape index (κ1) is 20.7. The van der Waals surface area contributed by atoms with E-state index in [9.17, 15) is 0 Å². The molecule has 1 saturated heterocycles. The van der Waals surface area contributed by atoms with Gasteiger partial charge in [-0.3, -0.25) is 4.99 Å². The van der Waals surface area contributed by atoms with Crippen LogP contribution < -0.4 is 10.6 Å². The highest BCUT2D eigenvalue weighted by molar-refractivity contribution is 5.79. The number of aliphatic imine (C=N–C) groups is 1. The van der Waals surface area contributed by atoms with Gasteiger partial charge in [-0.05, 0) is 37.4 Å². The van der Waals surface area contributed by atoms with Crippen LogP contribution in [0.15, 0.2) is 35.3 Å². The van der Waals surface area contributed by atoms with Crippen molar-refractivity contribution in [2.75, 3.05) is 53.5 Å². The van der Waals surface area contributed by atoms with Gasteiger partial charge in [-0.15, -0.1) is 0 Å². The van der Waals surface area contributed by atoms with Crippen molar-refractivity contribution in [3.8, 4) is 0 Å². The molecule has 0 saturated carbocycles. The Kier molecular flexibility index (Phi) is 8.39. The number of ether oxygens (including phenoxy) is 1. The summed E-state index contributed by atoms with van der Waals surface area (Å²) in [6.45, 7) is 10.6. The van der Waals surface area contributed by atoms with E-state index in [1.807, 2.05) is 7.05 Å². The molecule has 5 nitrogen and oxygen atoms in total. The van der Waals surface area contributed by atoms with Crippen LogP contribution in [0.5, 0.6) is 0 Å². The highest BCUT2D eigenvalue weighted by Gasteiger charge is 2.22. The third-order valence-electron chi connectivity index (χ3n) is 5.35. The van der Waals surface area contributed by atoms with Gasteiger partial charge in [0.25, 0.3) is 0 Å². The molecule has 0 aromatic heterocycles. The second-order valence-corrected chi connectivity index (χ2v) is 7.83. The summed E-state index contributed by atoms with van der Waals surface area (Å²) in [5, 5.41) is 7.01. The highest BCUT2D eigenvalue weighted by Crippen LogP contribution is 2.21. The number of benzene rings is 1. The molecule has 0 bridgehead atoms. The number of nitrogens with zero attached hydrogens (tertiary/aromatic N) is 2. The summed E-state index contributed by atoms with van der Waals surface area (Å²) in [6.07, 6.45) is 2.48. The molecule has 1 aliphatic heterocycles. The standard InChI is InChI=1S/C21H36N4O/c1-21(2,19-8-6-5-7-9-19)17-24-20(22-3)23-16-18-10-12-25(13-11-18)14-15-26-4/h5-9,18H,10-17H2,1-4H3,(H2,22,23,24). The fourth-order valence-electron chi connectivity index (χ4n) is 3.39. The summed E-state index contributed by atoms with van der Waals surface area (Å²) >= 11 is 0. The maximum Gasteiger partial charge on any atom is 0.191 e. The van der Waals surface area contributed by atoms with Crippen molar-refractivity contribution in [2.45, 2.75) is 32.1 Å². The Labute approximate surface area is 159 Å². The maximum atomic E-state index is 5.17. The zero-order chi connectivity index (χ0) is 18.8. The lowest BCUT2D eigenvalue weighted by atomic mass is 9.85. The van der Waals surface area contributed by atoms with E-state index in [-0.39, 0.29) is 5.41 Å². The van der Waals surface area contributed by atoms with E-state index >= 15 is 0 Å². The van der Waals surface area contributed by atoms with Gasteiger partial charge in [0.05, 0.1) is 6.61 Å². The molecule has 26 heavy (non-hydrogen) atoms. The molecule has 1 heterocycles. The summed E-state index contributed by atoms with van der Waals surface area (Å²) in [6, 6.07) is 10.6. The molecule has 2 rings (SSSR count). The van der Waals surface area contributed by atoms with Crippen LogP contribution in [0.4, 0.5) is 0 Å². The first-order chi connectivity index (χ1) is 12.5. The summed E-state index contributed by atoms with van der Waals surface area (Å²) in [5.41, 5.74) is 1.40. The van der Waals surface area contributed by atoms with Gasteiger partial charge < -0.3 is 20.3 Å². The zero-order valence-electron chi connectivity index (χ0n) is 16.9. The lowest BCUT2D eigenvalue weighted by Gasteiger charge is -2.32. The average Bonchev–Trinajstić information content (AvgIpc) is 2.68. The number of nitrogens with one attached hydrogen (secondary N) is 2. The minimum absolute atomic E-state index is 0.0611. The number of rotatable bonds is 8. The predicted molar refractivity (Wildman–Crippen MR) is 110 cm³/mol. The van der Waals surface area contributed by atoms with Gasteiger partial charge >= 0.3 is 0 Å². The molecule has 1 aliphatic rings. The molecule has 146 valence electrons. The maximum absolute atomic E-state index is 5.17. The van der Waals surface area contributed by atoms with Crippen LogP contribution in [-0.4, -0.2) is 64.3 Å². The van der Waals surface area contributed by atoms with Gasteiger partial charge in [0, 0.05) is 39.2 Å². The molecular formula is C21H36N4O. The number of guanidine groups is 1. The summed E-state index contributed by atoms with van der Waals surface area (Å²) in [7, 11) is 3.62. The Hall–Kier alpha value is -1.59. The van der Waals surface area contributed by atoms with E-state index in [2.05, 4.69) is 64.7 Å². The Bertz CT molecular complexity index is 536. The van der Waals surface area contributed by atoms with Gasteiger partial charge in [0.2, 0.25) is 0 Å². The first-order valence-electron chi connectivity index (χ1n) is 9.76. The lowest BCUT2D eigenvalue weighted by molar-refractivity contribution is 0.121. The van der Waals surface area contributed by atoms with Crippen molar-refractivity contribution < 1.29 is 4.74 Å².